The second-order valence-corrected chi connectivity index (χ2v) is 4.76. The van der Waals surface area contributed by atoms with Crippen LogP contribution in [0, 0.1) is 0 Å². The van der Waals surface area contributed by atoms with E-state index in [1.54, 1.807) is 6.20 Å². The van der Waals surface area contributed by atoms with Crippen LogP contribution in [-0.4, -0.2) is 27.1 Å². The van der Waals surface area contributed by atoms with E-state index in [2.05, 4.69) is 21.0 Å². The Morgan fingerprint density at radius 2 is 2.47 bits per heavy atom. The Labute approximate surface area is 97.4 Å². The number of rotatable bonds is 2. The van der Waals surface area contributed by atoms with E-state index in [0.29, 0.717) is 0 Å². The molecule has 1 aliphatic heterocycles. The summed E-state index contributed by atoms with van der Waals surface area (Å²) in [6.45, 7) is 3.66. The second kappa shape index (κ2) is 4.35. The van der Waals surface area contributed by atoms with Crippen molar-refractivity contribution in [3.05, 3.63) is 12.4 Å². The molecule has 0 radical (unpaired) electrons. The first-order valence-corrected chi connectivity index (χ1v) is 6.12. The van der Waals surface area contributed by atoms with Gasteiger partial charge in [-0.25, -0.2) is 0 Å². The summed E-state index contributed by atoms with van der Waals surface area (Å²) in [4.78, 5) is 13.6. The maximum absolute atomic E-state index is 11.9. The molecule has 82 valence electrons. The predicted molar refractivity (Wildman–Crippen MR) is 62.2 cm³/mol. The van der Waals surface area contributed by atoms with Crippen LogP contribution < -0.4 is 4.90 Å². The fraction of sp³-hybridized carbons (Fsp3) is 0.600. The third-order valence-electron chi connectivity index (χ3n) is 2.63. The molecule has 1 aromatic rings. The minimum atomic E-state index is -0.0313. The Kier molecular flexibility index (Phi) is 3.09. The SMILES string of the molecule is CCn1cc(N2CCCC(Br)C2=O)cn1. The number of halogens is 1. The number of piperidine rings is 1. The lowest BCUT2D eigenvalue weighted by Crippen LogP contribution is -2.41. The monoisotopic (exact) mass is 271 g/mol. The number of hydrogen-bond acceptors (Lipinski definition) is 2. The summed E-state index contributed by atoms with van der Waals surface area (Å²) in [5.74, 6) is 0.150. The molecule has 0 aromatic carbocycles. The van der Waals surface area contributed by atoms with Crippen molar-refractivity contribution in [1.29, 1.82) is 0 Å². The van der Waals surface area contributed by atoms with Gasteiger partial charge in [-0.05, 0) is 19.8 Å². The minimum absolute atomic E-state index is 0.0313. The predicted octanol–water partition coefficient (Wildman–Crippen LogP) is 1.79. The zero-order valence-electron chi connectivity index (χ0n) is 8.69. The maximum atomic E-state index is 11.9. The smallest absolute Gasteiger partial charge is 0.240 e. The molecule has 0 aliphatic carbocycles. The quantitative estimate of drug-likeness (QED) is 0.770. The van der Waals surface area contributed by atoms with Gasteiger partial charge in [0.05, 0.1) is 16.7 Å². The molecule has 0 spiro atoms. The van der Waals surface area contributed by atoms with E-state index in [-0.39, 0.29) is 10.7 Å². The summed E-state index contributed by atoms with van der Waals surface area (Å²) >= 11 is 3.40. The van der Waals surface area contributed by atoms with E-state index >= 15 is 0 Å². The van der Waals surface area contributed by atoms with Gasteiger partial charge in [0, 0.05) is 19.3 Å². The van der Waals surface area contributed by atoms with E-state index in [0.717, 1.165) is 31.6 Å². The maximum Gasteiger partial charge on any atom is 0.240 e. The average molecular weight is 272 g/mol. The van der Waals surface area contributed by atoms with Gasteiger partial charge in [-0.15, -0.1) is 0 Å². The molecular weight excluding hydrogens is 258 g/mol. The highest BCUT2D eigenvalue weighted by molar-refractivity contribution is 9.10. The molecule has 1 atom stereocenters. The van der Waals surface area contributed by atoms with Crippen molar-refractivity contribution in [2.45, 2.75) is 31.1 Å². The number of hydrogen-bond donors (Lipinski definition) is 0. The Balaban J connectivity index is 2.18. The van der Waals surface area contributed by atoms with Gasteiger partial charge in [0.1, 0.15) is 0 Å². The number of carbonyl (C=O) groups is 1. The zero-order valence-corrected chi connectivity index (χ0v) is 10.3. The average Bonchev–Trinajstić information content (AvgIpc) is 2.70. The van der Waals surface area contributed by atoms with Crippen molar-refractivity contribution in [3.8, 4) is 0 Å². The minimum Gasteiger partial charge on any atom is -0.309 e. The molecule has 0 N–H and O–H groups in total. The molecule has 1 amide bonds. The highest BCUT2D eigenvalue weighted by atomic mass is 79.9. The lowest BCUT2D eigenvalue weighted by Gasteiger charge is -2.28. The third-order valence-corrected chi connectivity index (χ3v) is 3.48. The molecule has 0 saturated carbocycles. The van der Waals surface area contributed by atoms with Gasteiger partial charge in [-0.2, -0.15) is 5.10 Å². The van der Waals surface area contributed by atoms with Gasteiger partial charge in [-0.3, -0.25) is 9.48 Å². The number of anilines is 1. The Morgan fingerprint density at radius 3 is 3.13 bits per heavy atom. The van der Waals surface area contributed by atoms with E-state index in [1.807, 2.05) is 22.7 Å². The van der Waals surface area contributed by atoms with Crippen molar-refractivity contribution in [2.75, 3.05) is 11.4 Å². The Hall–Kier alpha value is -0.840. The van der Waals surface area contributed by atoms with Gasteiger partial charge in [0.15, 0.2) is 0 Å². The topological polar surface area (TPSA) is 38.1 Å². The van der Waals surface area contributed by atoms with Crippen molar-refractivity contribution in [3.63, 3.8) is 0 Å². The van der Waals surface area contributed by atoms with Crippen molar-refractivity contribution in [1.82, 2.24) is 9.78 Å². The molecular formula is C10H14BrN3O. The molecule has 1 saturated heterocycles. The van der Waals surface area contributed by atoms with Crippen LogP contribution in [0.3, 0.4) is 0 Å². The molecule has 2 rings (SSSR count). The van der Waals surface area contributed by atoms with E-state index in [1.165, 1.54) is 0 Å². The van der Waals surface area contributed by atoms with Crippen LogP contribution in [0.5, 0.6) is 0 Å². The van der Waals surface area contributed by atoms with Gasteiger partial charge >= 0.3 is 0 Å². The molecule has 1 aliphatic rings. The van der Waals surface area contributed by atoms with Crippen LogP contribution >= 0.6 is 15.9 Å². The Morgan fingerprint density at radius 1 is 1.67 bits per heavy atom. The van der Waals surface area contributed by atoms with Crippen LogP contribution in [0.25, 0.3) is 0 Å². The van der Waals surface area contributed by atoms with E-state index in [4.69, 9.17) is 0 Å². The van der Waals surface area contributed by atoms with E-state index < -0.39 is 0 Å². The summed E-state index contributed by atoms with van der Waals surface area (Å²) in [6, 6.07) is 0. The normalized spacial score (nSPS) is 22.1. The molecule has 0 bridgehead atoms. The number of aromatic nitrogens is 2. The van der Waals surface area contributed by atoms with Crippen molar-refractivity contribution < 1.29 is 4.79 Å². The molecule has 1 unspecified atom stereocenters. The van der Waals surface area contributed by atoms with Crippen LogP contribution in [-0.2, 0) is 11.3 Å². The van der Waals surface area contributed by atoms with Crippen molar-refractivity contribution in [2.24, 2.45) is 0 Å². The Bertz CT molecular complexity index is 363. The summed E-state index contributed by atoms with van der Waals surface area (Å²) in [5, 5.41) is 4.18. The van der Waals surface area contributed by atoms with Crippen molar-refractivity contribution >= 4 is 27.5 Å². The summed E-state index contributed by atoms with van der Waals surface area (Å²) < 4.78 is 1.83. The van der Waals surface area contributed by atoms with Crippen LogP contribution in [0.4, 0.5) is 5.69 Å². The first-order chi connectivity index (χ1) is 7.22. The van der Waals surface area contributed by atoms with Crippen LogP contribution in [0.15, 0.2) is 12.4 Å². The standard InChI is InChI=1S/C10H14BrN3O/c1-2-13-7-8(6-12-13)14-5-3-4-9(11)10(14)15/h6-7,9H,2-5H2,1H3. The molecule has 2 heterocycles. The van der Waals surface area contributed by atoms with Gasteiger partial charge in [-0.1, -0.05) is 15.9 Å². The number of carbonyl (C=O) groups excluding carboxylic acids is 1. The van der Waals surface area contributed by atoms with Gasteiger partial charge in [0.2, 0.25) is 5.91 Å². The lowest BCUT2D eigenvalue weighted by molar-refractivity contribution is -0.118. The second-order valence-electron chi connectivity index (χ2n) is 3.65. The molecule has 1 fully saturated rings. The zero-order chi connectivity index (χ0) is 10.8. The molecule has 1 aromatic heterocycles. The van der Waals surface area contributed by atoms with Crippen LogP contribution in [0.1, 0.15) is 19.8 Å². The highest BCUT2D eigenvalue weighted by Gasteiger charge is 2.28. The first kappa shape index (κ1) is 10.7. The number of aryl methyl sites for hydroxylation is 1. The van der Waals surface area contributed by atoms with E-state index in [9.17, 15) is 4.79 Å². The highest BCUT2D eigenvalue weighted by Crippen LogP contribution is 2.23. The third kappa shape index (κ3) is 2.07. The number of alkyl halides is 1. The fourth-order valence-corrected chi connectivity index (χ4v) is 2.32. The lowest BCUT2D eigenvalue weighted by atomic mass is 10.1. The molecule has 4 nitrogen and oxygen atoms in total. The largest absolute Gasteiger partial charge is 0.309 e. The molecule has 15 heavy (non-hydrogen) atoms. The first-order valence-electron chi connectivity index (χ1n) is 5.20. The summed E-state index contributed by atoms with van der Waals surface area (Å²) in [7, 11) is 0. The van der Waals surface area contributed by atoms with Crippen LogP contribution in [0.2, 0.25) is 0 Å². The summed E-state index contributed by atoms with van der Waals surface area (Å²) in [5.41, 5.74) is 0.908. The molecule has 5 heteroatoms. The van der Waals surface area contributed by atoms with Gasteiger partial charge in [0.25, 0.3) is 0 Å². The number of amides is 1. The number of nitrogens with zero attached hydrogens (tertiary/aromatic N) is 3. The fourth-order valence-electron chi connectivity index (χ4n) is 1.75. The van der Waals surface area contributed by atoms with Gasteiger partial charge < -0.3 is 4.90 Å². The summed E-state index contributed by atoms with van der Waals surface area (Å²) in [6.07, 6.45) is 5.64.